The van der Waals surface area contributed by atoms with Crippen LogP contribution < -0.4 is 0 Å². The van der Waals surface area contributed by atoms with Gasteiger partial charge in [0.1, 0.15) is 15.5 Å². The van der Waals surface area contributed by atoms with Crippen LogP contribution in [0.15, 0.2) is 42.7 Å². The van der Waals surface area contributed by atoms with E-state index < -0.39 is 6.10 Å². The minimum absolute atomic E-state index is 0.601. The van der Waals surface area contributed by atoms with Crippen LogP contribution in [0, 0.1) is 3.70 Å². The lowest BCUT2D eigenvalue weighted by Crippen LogP contribution is -2.05. The van der Waals surface area contributed by atoms with Crippen molar-refractivity contribution < 1.29 is 5.11 Å². The first-order valence-electron chi connectivity index (χ1n) is 4.48. The average molecular weight is 312 g/mol. The maximum Gasteiger partial charge on any atom is 0.125 e. The van der Waals surface area contributed by atoms with Crippen molar-refractivity contribution >= 4 is 22.6 Å². The largest absolute Gasteiger partial charge is 0.382 e. The Bertz CT molecular complexity index is 447. The molecule has 1 aromatic carbocycles. The van der Waals surface area contributed by atoms with E-state index in [2.05, 4.69) is 32.6 Å². The summed E-state index contributed by atoms with van der Waals surface area (Å²) >= 11 is 2.07. The molecule has 2 aromatic rings. The summed E-state index contributed by atoms with van der Waals surface area (Å²) < 4.78 is 0.728. The second kappa shape index (κ2) is 4.67. The van der Waals surface area contributed by atoms with Crippen molar-refractivity contribution in [1.82, 2.24) is 9.97 Å². The van der Waals surface area contributed by atoms with Gasteiger partial charge in [-0.25, -0.2) is 4.98 Å². The zero-order chi connectivity index (χ0) is 10.7. The Hall–Kier alpha value is -1.01. The smallest absolute Gasteiger partial charge is 0.125 e. The molecule has 4 heteroatoms. The highest BCUT2D eigenvalue weighted by atomic mass is 127. The number of benzene rings is 1. The third-order valence-corrected chi connectivity index (χ3v) is 2.88. The van der Waals surface area contributed by atoms with Gasteiger partial charge in [0, 0.05) is 12.4 Å². The summed E-state index contributed by atoms with van der Waals surface area (Å²) in [5, 5.41) is 10.1. The SMILES string of the molecule is OC(c1ccccc1)c1nccnc1I. The maximum absolute atomic E-state index is 10.1. The number of nitrogens with zero attached hydrogens (tertiary/aromatic N) is 2. The van der Waals surface area contributed by atoms with E-state index in [1.807, 2.05) is 30.3 Å². The van der Waals surface area contributed by atoms with Crippen LogP contribution in [0.4, 0.5) is 0 Å². The molecule has 1 atom stereocenters. The van der Waals surface area contributed by atoms with Crippen molar-refractivity contribution in [3.63, 3.8) is 0 Å². The van der Waals surface area contributed by atoms with Crippen molar-refractivity contribution in [3.8, 4) is 0 Å². The van der Waals surface area contributed by atoms with Gasteiger partial charge >= 0.3 is 0 Å². The van der Waals surface area contributed by atoms with Gasteiger partial charge in [0.15, 0.2) is 0 Å². The van der Waals surface area contributed by atoms with Crippen molar-refractivity contribution in [2.45, 2.75) is 6.10 Å². The second-order valence-electron chi connectivity index (χ2n) is 3.05. The molecule has 0 saturated carbocycles. The van der Waals surface area contributed by atoms with Gasteiger partial charge in [-0.2, -0.15) is 0 Å². The lowest BCUT2D eigenvalue weighted by Gasteiger charge is -2.10. The average Bonchev–Trinajstić information content (AvgIpc) is 2.30. The number of halogens is 1. The van der Waals surface area contributed by atoms with Gasteiger partial charge in [0.2, 0.25) is 0 Å². The highest BCUT2D eigenvalue weighted by Crippen LogP contribution is 2.22. The highest BCUT2D eigenvalue weighted by Gasteiger charge is 2.14. The molecular formula is C11H9IN2O. The van der Waals surface area contributed by atoms with Crippen molar-refractivity contribution in [1.29, 1.82) is 0 Å². The van der Waals surface area contributed by atoms with Crippen LogP contribution in [-0.2, 0) is 0 Å². The van der Waals surface area contributed by atoms with Gasteiger partial charge < -0.3 is 5.11 Å². The lowest BCUT2D eigenvalue weighted by molar-refractivity contribution is 0.213. The molecule has 1 heterocycles. The molecule has 3 nitrogen and oxygen atoms in total. The first-order valence-corrected chi connectivity index (χ1v) is 5.56. The van der Waals surface area contributed by atoms with Gasteiger partial charge in [-0.15, -0.1) is 0 Å². The third kappa shape index (κ3) is 2.32. The Morgan fingerprint density at radius 1 is 1.07 bits per heavy atom. The molecule has 15 heavy (non-hydrogen) atoms. The third-order valence-electron chi connectivity index (χ3n) is 2.05. The Labute approximate surface area is 101 Å². The van der Waals surface area contributed by atoms with Gasteiger partial charge in [-0.05, 0) is 28.2 Å². The maximum atomic E-state index is 10.1. The summed E-state index contributed by atoms with van der Waals surface area (Å²) in [6.45, 7) is 0. The number of rotatable bonds is 2. The summed E-state index contributed by atoms with van der Waals surface area (Å²) in [4.78, 5) is 8.22. The van der Waals surface area contributed by atoms with E-state index in [9.17, 15) is 5.11 Å². The zero-order valence-electron chi connectivity index (χ0n) is 7.84. The molecule has 1 N–H and O–H groups in total. The standard InChI is InChI=1S/C11H9IN2O/c12-11-9(13-6-7-14-11)10(15)8-4-2-1-3-5-8/h1-7,10,15H. The Morgan fingerprint density at radius 2 is 1.73 bits per heavy atom. The van der Waals surface area contributed by atoms with E-state index in [1.165, 1.54) is 0 Å². The molecule has 0 amide bonds. The monoisotopic (exact) mass is 312 g/mol. The van der Waals surface area contributed by atoms with E-state index in [4.69, 9.17) is 0 Å². The van der Waals surface area contributed by atoms with Crippen LogP contribution in [0.2, 0.25) is 0 Å². The predicted octanol–water partition coefficient (Wildman–Crippen LogP) is 2.16. The fourth-order valence-electron chi connectivity index (χ4n) is 1.31. The predicted molar refractivity (Wildman–Crippen MR) is 65.3 cm³/mol. The van der Waals surface area contributed by atoms with E-state index in [1.54, 1.807) is 12.4 Å². The zero-order valence-corrected chi connectivity index (χ0v) is 10.00. The molecule has 0 saturated heterocycles. The van der Waals surface area contributed by atoms with Crippen LogP contribution in [0.25, 0.3) is 0 Å². The Balaban J connectivity index is 2.37. The first-order chi connectivity index (χ1) is 7.29. The minimum Gasteiger partial charge on any atom is -0.382 e. The first kappa shape index (κ1) is 10.5. The molecule has 0 aliphatic heterocycles. The van der Waals surface area contributed by atoms with Gasteiger partial charge in [0.25, 0.3) is 0 Å². The molecule has 0 aliphatic rings. The summed E-state index contributed by atoms with van der Waals surface area (Å²) in [7, 11) is 0. The van der Waals surface area contributed by atoms with Crippen LogP contribution >= 0.6 is 22.6 Å². The van der Waals surface area contributed by atoms with E-state index in [0.29, 0.717) is 5.69 Å². The molecule has 0 fully saturated rings. The Morgan fingerprint density at radius 3 is 2.40 bits per heavy atom. The summed E-state index contributed by atoms with van der Waals surface area (Å²) in [5.41, 5.74) is 1.43. The Kier molecular flexibility index (Phi) is 3.27. The molecule has 1 aromatic heterocycles. The van der Waals surface area contributed by atoms with Crippen LogP contribution in [0.1, 0.15) is 17.4 Å². The highest BCUT2D eigenvalue weighted by molar-refractivity contribution is 14.1. The van der Waals surface area contributed by atoms with E-state index in [0.717, 1.165) is 9.26 Å². The van der Waals surface area contributed by atoms with Gasteiger partial charge in [-0.1, -0.05) is 30.3 Å². The minimum atomic E-state index is -0.702. The lowest BCUT2D eigenvalue weighted by atomic mass is 10.1. The topological polar surface area (TPSA) is 46.0 Å². The molecule has 0 bridgehead atoms. The number of aliphatic hydroxyl groups excluding tert-OH is 1. The molecule has 0 radical (unpaired) electrons. The number of aromatic nitrogens is 2. The van der Waals surface area contributed by atoms with Crippen molar-refractivity contribution in [3.05, 3.63) is 57.7 Å². The second-order valence-corrected chi connectivity index (χ2v) is 4.07. The number of aliphatic hydroxyl groups is 1. The normalized spacial score (nSPS) is 12.4. The van der Waals surface area contributed by atoms with Crippen molar-refractivity contribution in [2.24, 2.45) is 0 Å². The van der Waals surface area contributed by atoms with Crippen LogP contribution in [0.5, 0.6) is 0 Å². The fraction of sp³-hybridized carbons (Fsp3) is 0.0909. The molecular weight excluding hydrogens is 303 g/mol. The molecule has 1 unspecified atom stereocenters. The number of hydrogen-bond acceptors (Lipinski definition) is 3. The quantitative estimate of drug-likeness (QED) is 0.865. The summed E-state index contributed by atoms with van der Waals surface area (Å²) in [6, 6.07) is 9.44. The molecule has 2 rings (SSSR count). The molecule has 76 valence electrons. The van der Waals surface area contributed by atoms with E-state index in [-0.39, 0.29) is 0 Å². The van der Waals surface area contributed by atoms with Crippen LogP contribution in [0.3, 0.4) is 0 Å². The summed E-state index contributed by atoms with van der Waals surface area (Å²) in [5.74, 6) is 0. The molecule has 0 aliphatic carbocycles. The fourth-order valence-corrected chi connectivity index (χ4v) is 1.90. The van der Waals surface area contributed by atoms with E-state index >= 15 is 0 Å². The molecule has 0 spiro atoms. The van der Waals surface area contributed by atoms with Crippen LogP contribution in [-0.4, -0.2) is 15.1 Å². The van der Waals surface area contributed by atoms with Gasteiger partial charge in [-0.3, -0.25) is 4.98 Å². The van der Waals surface area contributed by atoms with Gasteiger partial charge in [0.05, 0.1) is 0 Å². The van der Waals surface area contributed by atoms with Crippen molar-refractivity contribution in [2.75, 3.05) is 0 Å². The summed E-state index contributed by atoms with van der Waals surface area (Å²) in [6.07, 6.45) is 2.50. The number of hydrogen-bond donors (Lipinski definition) is 1.